The van der Waals surface area contributed by atoms with Crippen LogP contribution in [0.15, 0.2) is 30.3 Å². The van der Waals surface area contributed by atoms with Crippen molar-refractivity contribution < 1.29 is 13.2 Å². The van der Waals surface area contributed by atoms with Crippen molar-refractivity contribution in [2.45, 2.75) is 6.18 Å². The van der Waals surface area contributed by atoms with Crippen LogP contribution in [0.4, 0.5) is 24.7 Å². The second-order valence-corrected chi connectivity index (χ2v) is 5.16. The van der Waals surface area contributed by atoms with Crippen LogP contribution in [0.25, 0.3) is 0 Å². The lowest BCUT2D eigenvalue weighted by molar-refractivity contribution is -0.144. The minimum Gasteiger partial charge on any atom is -0.340 e. The predicted molar refractivity (Wildman–Crippen MR) is 74.5 cm³/mol. The van der Waals surface area contributed by atoms with Gasteiger partial charge in [-0.1, -0.05) is 11.6 Å². The summed E-state index contributed by atoms with van der Waals surface area (Å²) in [5, 5.41) is 2.48. The summed E-state index contributed by atoms with van der Waals surface area (Å²) in [6.07, 6.45) is -4.63. The molecule has 8 heteroatoms. The van der Waals surface area contributed by atoms with E-state index in [1.54, 1.807) is 12.1 Å². The molecule has 3 nitrogen and oxygen atoms in total. The molecule has 0 radical (unpaired) electrons. The molecule has 19 heavy (non-hydrogen) atoms. The largest absolute Gasteiger partial charge is 0.451 e. The minimum atomic E-state index is -4.63. The molecule has 100 valence electrons. The maximum atomic E-state index is 12.5. The Labute approximate surface area is 125 Å². The van der Waals surface area contributed by atoms with Gasteiger partial charge in [0.2, 0.25) is 5.82 Å². The number of nitrogens with zero attached hydrogens (tertiary/aromatic N) is 2. The van der Waals surface area contributed by atoms with Gasteiger partial charge in [0, 0.05) is 15.3 Å². The zero-order valence-corrected chi connectivity index (χ0v) is 12.1. The Kier molecular flexibility index (Phi) is 4.14. The average molecular weight is 400 g/mol. The van der Waals surface area contributed by atoms with Crippen molar-refractivity contribution in [3.63, 3.8) is 0 Å². The molecular formula is C11H6ClF3IN3. The molecule has 1 aromatic carbocycles. The normalized spacial score (nSPS) is 11.4. The van der Waals surface area contributed by atoms with E-state index in [2.05, 4.69) is 37.9 Å². The monoisotopic (exact) mass is 399 g/mol. The van der Waals surface area contributed by atoms with Gasteiger partial charge in [-0.3, -0.25) is 0 Å². The van der Waals surface area contributed by atoms with Crippen LogP contribution in [0.3, 0.4) is 0 Å². The second kappa shape index (κ2) is 5.49. The van der Waals surface area contributed by atoms with E-state index in [0.29, 0.717) is 5.69 Å². The number of hydrogen-bond donors (Lipinski definition) is 1. The van der Waals surface area contributed by atoms with Crippen molar-refractivity contribution in [3.05, 3.63) is 44.9 Å². The molecule has 0 unspecified atom stereocenters. The first-order valence-corrected chi connectivity index (χ1v) is 6.44. The van der Waals surface area contributed by atoms with Crippen molar-refractivity contribution in [2.24, 2.45) is 0 Å². The van der Waals surface area contributed by atoms with Gasteiger partial charge in [-0.05, 0) is 46.9 Å². The topological polar surface area (TPSA) is 37.8 Å². The molecule has 0 saturated heterocycles. The Balaban J connectivity index is 2.30. The van der Waals surface area contributed by atoms with Crippen molar-refractivity contribution >= 4 is 45.7 Å². The molecule has 0 spiro atoms. The highest BCUT2D eigenvalue weighted by Gasteiger charge is 2.35. The summed E-state index contributed by atoms with van der Waals surface area (Å²) >= 11 is 7.68. The molecular weight excluding hydrogens is 393 g/mol. The quantitative estimate of drug-likeness (QED) is 0.597. The van der Waals surface area contributed by atoms with Gasteiger partial charge in [-0.15, -0.1) is 0 Å². The van der Waals surface area contributed by atoms with E-state index in [1.807, 2.05) is 12.1 Å². The molecule has 0 atom stereocenters. The van der Waals surface area contributed by atoms with Crippen LogP contribution >= 0.6 is 34.2 Å². The number of aromatic nitrogens is 2. The predicted octanol–water partition coefficient (Wildman–Crippen LogP) is 4.50. The molecule has 0 bridgehead atoms. The molecule has 0 aliphatic carbocycles. The van der Waals surface area contributed by atoms with Crippen molar-refractivity contribution in [3.8, 4) is 0 Å². The fourth-order valence-corrected chi connectivity index (χ4v) is 1.83. The fourth-order valence-electron chi connectivity index (χ4n) is 1.29. The van der Waals surface area contributed by atoms with Crippen LogP contribution < -0.4 is 5.32 Å². The van der Waals surface area contributed by atoms with Gasteiger partial charge >= 0.3 is 6.18 Å². The fraction of sp³-hybridized carbons (Fsp3) is 0.0909. The van der Waals surface area contributed by atoms with E-state index in [-0.39, 0.29) is 11.0 Å². The zero-order valence-electron chi connectivity index (χ0n) is 9.17. The number of alkyl halides is 3. The molecule has 1 heterocycles. The summed E-state index contributed by atoms with van der Waals surface area (Å²) in [5.41, 5.74) is 0.614. The smallest absolute Gasteiger partial charge is 0.340 e. The Morgan fingerprint density at radius 1 is 1.11 bits per heavy atom. The molecule has 2 rings (SSSR count). The van der Waals surface area contributed by atoms with E-state index < -0.39 is 12.0 Å². The van der Waals surface area contributed by atoms with Gasteiger partial charge < -0.3 is 5.32 Å². The molecule has 0 saturated carbocycles. The highest BCUT2D eigenvalue weighted by atomic mass is 127. The third-order valence-corrected chi connectivity index (χ3v) is 2.98. The first-order valence-electron chi connectivity index (χ1n) is 4.99. The minimum absolute atomic E-state index is 0.00599. The molecule has 2 aromatic rings. The number of anilines is 2. The lowest BCUT2D eigenvalue weighted by Crippen LogP contribution is -2.12. The number of hydrogen-bond acceptors (Lipinski definition) is 3. The third kappa shape index (κ3) is 3.93. The Bertz CT molecular complexity index is 587. The summed E-state index contributed by atoms with van der Waals surface area (Å²) in [6.45, 7) is 0. The molecule has 0 aliphatic heterocycles. The Morgan fingerprint density at radius 3 is 2.32 bits per heavy atom. The van der Waals surface area contributed by atoms with E-state index in [1.165, 1.54) is 6.07 Å². The summed E-state index contributed by atoms with van der Waals surface area (Å²) < 4.78 is 38.6. The highest BCUT2D eigenvalue weighted by Crippen LogP contribution is 2.29. The Morgan fingerprint density at radius 2 is 1.74 bits per heavy atom. The lowest BCUT2D eigenvalue weighted by atomic mass is 10.3. The van der Waals surface area contributed by atoms with Gasteiger partial charge in [-0.2, -0.15) is 13.2 Å². The molecule has 1 N–H and O–H groups in total. The van der Waals surface area contributed by atoms with Gasteiger partial charge in [0.15, 0.2) is 0 Å². The lowest BCUT2D eigenvalue weighted by Gasteiger charge is -2.09. The van der Waals surface area contributed by atoms with Crippen LogP contribution in [-0.2, 0) is 6.18 Å². The number of halogens is 5. The third-order valence-electron chi connectivity index (χ3n) is 2.07. The SMILES string of the molecule is FC(F)(F)c1nc(Cl)cc(Nc2ccc(I)cc2)n1. The van der Waals surface area contributed by atoms with Gasteiger partial charge in [0.05, 0.1) is 0 Å². The zero-order chi connectivity index (χ0) is 14.0. The average Bonchev–Trinajstić information content (AvgIpc) is 2.30. The summed E-state index contributed by atoms with van der Waals surface area (Å²) in [5.74, 6) is -1.28. The first-order chi connectivity index (χ1) is 8.84. The second-order valence-electron chi connectivity index (χ2n) is 3.53. The summed E-state index contributed by atoms with van der Waals surface area (Å²) in [4.78, 5) is 6.54. The summed E-state index contributed by atoms with van der Waals surface area (Å²) in [6, 6.07) is 8.32. The van der Waals surface area contributed by atoms with Gasteiger partial charge in [0.1, 0.15) is 11.0 Å². The van der Waals surface area contributed by atoms with Crippen LogP contribution in [0.5, 0.6) is 0 Å². The van der Waals surface area contributed by atoms with Crippen molar-refractivity contribution in [1.29, 1.82) is 0 Å². The summed E-state index contributed by atoms with van der Waals surface area (Å²) in [7, 11) is 0. The highest BCUT2D eigenvalue weighted by molar-refractivity contribution is 14.1. The van der Waals surface area contributed by atoms with Crippen LogP contribution in [0.2, 0.25) is 5.15 Å². The van der Waals surface area contributed by atoms with Gasteiger partial charge in [0.25, 0.3) is 0 Å². The molecule has 0 aliphatic rings. The van der Waals surface area contributed by atoms with Crippen LogP contribution in [0, 0.1) is 3.57 Å². The maximum Gasteiger partial charge on any atom is 0.451 e. The van der Waals surface area contributed by atoms with Crippen LogP contribution in [0.1, 0.15) is 5.82 Å². The maximum absolute atomic E-state index is 12.5. The van der Waals surface area contributed by atoms with E-state index in [9.17, 15) is 13.2 Å². The van der Waals surface area contributed by atoms with E-state index >= 15 is 0 Å². The standard InChI is InChI=1S/C11H6ClF3IN3/c12-8-5-9(19-10(18-8)11(13,14)15)17-7-3-1-6(16)2-4-7/h1-5H,(H,17,18,19). The van der Waals surface area contributed by atoms with Crippen molar-refractivity contribution in [1.82, 2.24) is 9.97 Å². The van der Waals surface area contributed by atoms with Crippen LogP contribution in [-0.4, -0.2) is 9.97 Å². The Hall–Kier alpha value is -1.09. The van der Waals surface area contributed by atoms with E-state index in [4.69, 9.17) is 11.6 Å². The molecule has 0 fully saturated rings. The number of nitrogens with one attached hydrogen (secondary N) is 1. The van der Waals surface area contributed by atoms with E-state index in [0.717, 1.165) is 3.57 Å². The number of rotatable bonds is 2. The molecule has 0 amide bonds. The number of benzene rings is 1. The first kappa shape index (κ1) is 14.3. The van der Waals surface area contributed by atoms with Crippen molar-refractivity contribution in [2.75, 3.05) is 5.32 Å². The van der Waals surface area contributed by atoms with Gasteiger partial charge in [-0.25, -0.2) is 9.97 Å². The molecule has 1 aromatic heterocycles.